The summed E-state index contributed by atoms with van der Waals surface area (Å²) < 4.78 is 0. The second-order valence-electron chi connectivity index (χ2n) is 4.78. The lowest BCUT2D eigenvalue weighted by atomic mass is 9.93. The first kappa shape index (κ1) is 19.9. The Kier molecular flexibility index (Phi) is 9.23. The Hall–Kier alpha value is -1.12. The van der Waals surface area contributed by atoms with Crippen LogP contribution in [0.3, 0.4) is 0 Å². The van der Waals surface area contributed by atoms with E-state index < -0.39 is 43.7 Å². The van der Waals surface area contributed by atoms with Crippen LogP contribution in [0.2, 0.25) is 0 Å². The van der Waals surface area contributed by atoms with E-state index in [1.807, 2.05) is 0 Å². The molecule has 0 amide bonds. The molecule has 0 aliphatic heterocycles. The molecule has 120 valence electrons. The van der Waals surface area contributed by atoms with Gasteiger partial charge in [0.15, 0.2) is 0 Å². The molecule has 7 heteroatoms. The highest BCUT2D eigenvalue weighted by Gasteiger charge is 2.26. The van der Waals surface area contributed by atoms with Gasteiger partial charge in [0.2, 0.25) is 0 Å². The summed E-state index contributed by atoms with van der Waals surface area (Å²) in [5, 5.41) is 42.7. The number of carboxylic acid groups (broad SMARTS) is 1. The lowest BCUT2D eigenvalue weighted by Crippen LogP contribution is -2.37. The molecule has 0 saturated carbocycles. The van der Waals surface area contributed by atoms with E-state index in [1.54, 1.807) is 31.2 Å². The first-order valence-electron chi connectivity index (χ1n) is 6.31. The summed E-state index contributed by atoms with van der Waals surface area (Å²) in [4.78, 5) is 11.4. The van der Waals surface area contributed by atoms with Crippen molar-refractivity contribution in [3.05, 3.63) is 29.8 Å². The van der Waals surface area contributed by atoms with Crippen LogP contribution in [-0.2, 0) is 4.79 Å². The second kappa shape index (κ2) is 9.75. The molecule has 0 aliphatic rings. The Balaban J connectivity index is 0.000000400. The van der Waals surface area contributed by atoms with Crippen molar-refractivity contribution in [3.8, 4) is 0 Å². The number of carboxylic acids is 1. The molecule has 0 saturated heterocycles. The van der Waals surface area contributed by atoms with Gasteiger partial charge in [-0.3, -0.25) is 4.79 Å². The molecule has 1 rings (SSSR count). The largest absolute Gasteiger partial charge is 0.481 e. The number of thiol groups is 1. The quantitative estimate of drug-likeness (QED) is 0.414. The smallest absolute Gasteiger partial charge is 0.310 e. The number of hydrogen-bond acceptors (Lipinski definition) is 6. The van der Waals surface area contributed by atoms with Gasteiger partial charge in [-0.15, -0.1) is 12.6 Å². The molecule has 5 N–H and O–H groups in total. The van der Waals surface area contributed by atoms with Crippen molar-refractivity contribution in [2.75, 3.05) is 26.4 Å². The van der Waals surface area contributed by atoms with E-state index in [0.29, 0.717) is 0 Å². The summed E-state index contributed by atoms with van der Waals surface area (Å²) in [6, 6.07) is 7.14. The molecule has 0 bridgehead atoms. The van der Waals surface area contributed by atoms with Crippen molar-refractivity contribution in [1.82, 2.24) is 0 Å². The van der Waals surface area contributed by atoms with E-state index in [-0.39, 0.29) is 0 Å². The molecule has 1 unspecified atom stereocenters. The third-order valence-corrected chi connectivity index (χ3v) is 3.40. The van der Waals surface area contributed by atoms with E-state index in [4.69, 9.17) is 25.5 Å². The Morgan fingerprint density at radius 2 is 1.43 bits per heavy atom. The number of rotatable bonds is 6. The van der Waals surface area contributed by atoms with Crippen molar-refractivity contribution in [2.45, 2.75) is 17.7 Å². The standard InChI is InChI=1S/C9H10O2S.C5H12O4/c1-6(9(10)11)7-2-4-8(12)5-3-7;6-1-5(2-7,3-8)4-9/h2-6,12H,1H3,(H,10,11);6-9H,1-4H2. The zero-order valence-corrected chi connectivity index (χ0v) is 12.7. The number of carbonyl (C=O) groups is 1. The van der Waals surface area contributed by atoms with Crippen molar-refractivity contribution >= 4 is 18.6 Å². The lowest BCUT2D eigenvalue weighted by molar-refractivity contribution is -0.138. The Labute approximate surface area is 129 Å². The minimum Gasteiger partial charge on any atom is -0.481 e. The normalized spacial score (nSPS) is 12.3. The first-order chi connectivity index (χ1) is 9.85. The summed E-state index contributed by atoms with van der Waals surface area (Å²) in [6.07, 6.45) is 0. The van der Waals surface area contributed by atoms with Gasteiger partial charge >= 0.3 is 5.97 Å². The monoisotopic (exact) mass is 318 g/mol. The average Bonchev–Trinajstić information content (AvgIpc) is 2.51. The average molecular weight is 318 g/mol. The maximum Gasteiger partial charge on any atom is 0.310 e. The van der Waals surface area contributed by atoms with E-state index >= 15 is 0 Å². The molecular formula is C14H22O6S. The highest BCUT2D eigenvalue weighted by molar-refractivity contribution is 7.80. The van der Waals surface area contributed by atoms with Crippen LogP contribution in [0.5, 0.6) is 0 Å². The molecule has 0 spiro atoms. The van der Waals surface area contributed by atoms with Crippen LogP contribution < -0.4 is 0 Å². The molecule has 1 aromatic carbocycles. The fourth-order valence-electron chi connectivity index (χ4n) is 1.21. The number of benzene rings is 1. The van der Waals surface area contributed by atoms with Crippen molar-refractivity contribution in [3.63, 3.8) is 0 Å². The summed E-state index contributed by atoms with van der Waals surface area (Å²) in [7, 11) is 0. The third kappa shape index (κ3) is 6.45. The Morgan fingerprint density at radius 3 is 1.67 bits per heavy atom. The summed E-state index contributed by atoms with van der Waals surface area (Å²) in [5.41, 5.74) is -0.305. The van der Waals surface area contributed by atoms with Gasteiger partial charge in [0.05, 0.1) is 37.8 Å². The van der Waals surface area contributed by atoms with Gasteiger partial charge in [-0.2, -0.15) is 0 Å². The summed E-state index contributed by atoms with van der Waals surface area (Å²) >= 11 is 4.10. The number of aliphatic hydroxyl groups is 4. The molecule has 21 heavy (non-hydrogen) atoms. The first-order valence-corrected chi connectivity index (χ1v) is 6.75. The zero-order valence-electron chi connectivity index (χ0n) is 11.8. The van der Waals surface area contributed by atoms with Crippen LogP contribution in [-0.4, -0.2) is 57.9 Å². The predicted molar refractivity (Wildman–Crippen MR) is 80.5 cm³/mol. The predicted octanol–water partition coefficient (Wildman–Crippen LogP) is 0.105. The molecular weight excluding hydrogens is 296 g/mol. The highest BCUT2D eigenvalue weighted by Crippen LogP contribution is 2.17. The van der Waals surface area contributed by atoms with E-state index in [9.17, 15) is 4.79 Å². The van der Waals surface area contributed by atoms with Crippen LogP contribution >= 0.6 is 12.6 Å². The molecule has 6 nitrogen and oxygen atoms in total. The van der Waals surface area contributed by atoms with Crippen LogP contribution in [0.4, 0.5) is 0 Å². The van der Waals surface area contributed by atoms with Crippen molar-refractivity contribution in [2.24, 2.45) is 5.41 Å². The van der Waals surface area contributed by atoms with Gasteiger partial charge in [-0.1, -0.05) is 12.1 Å². The molecule has 0 fully saturated rings. The van der Waals surface area contributed by atoms with Gasteiger partial charge in [-0.05, 0) is 24.6 Å². The van der Waals surface area contributed by atoms with Crippen LogP contribution in [0.25, 0.3) is 0 Å². The number of hydrogen-bond donors (Lipinski definition) is 6. The molecule has 0 aromatic heterocycles. The van der Waals surface area contributed by atoms with Gasteiger partial charge in [0.25, 0.3) is 0 Å². The number of aliphatic hydroxyl groups excluding tert-OH is 4. The Bertz CT molecular complexity index is 398. The molecule has 1 aromatic rings. The highest BCUT2D eigenvalue weighted by atomic mass is 32.1. The van der Waals surface area contributed by atoms with Crippen LogP contribution in [0.1, 0.15) is 18.4 Å². The van der Waals surface area contributed by atoms with Crippen LogP contribution in [0, 0.1) is 5.41 Å². The maximum atomic E-state index is 10.6. The van der Waals surface area contributed by atoms with Crippen LogP contribution in [0.15, 0.2) is 29.2 Å². The SMILES string of the molecule is CC(C(=O)O)c1ccc(S)cc1.OCC(CO)(CO)CO. The van der Waals surface area contributed by atoms with E-state index in [0.717, 1.165) is 10.5 Å². The van der Waals surface area contributed by atoms with E-state index in [2.05, 4.69) is 12.6 Å². The Morgan fingerprint density at radius 1 is 1.05 bits per heavy atom. The van der Waals surface area contributed by atoms with E-state index in [1.165, 1.54) is 0 Å². The second-order valence-corrected chi connectivity index (χ2v) is 5.30. The van der Waals surface area contributed by atoms with Gasteiger partial charge in [-0.25, -0.2) is 0 Å². The van der Waals surface area contributed by atoms with Gasteiger partial charge < -0.3 is 25.5 Å². The van der Waals surface area contributed by atoms with Crippen molar-refractivity contribution in [1.29, 1.82) is 0 Å². The molecule has 1 atom stereocenters. The minimum absolute atomic E-state index is 0.406. The molecule has 0 radical (unpaired) electrons. The zero-order chi connectivity index (χ0) is 16.5. The van der Waals surface area contributed by atoms with Crippen molar-refractivity contribution < 1.29 is 30.3 Å². The summed E-state index contributed by atoms with van der Waals surface area (Å²) in [5.74, 6) is -1.25. The molecule has 0 heterocycles. The fourth-order valence-corrected chi connectivity index (χ4v) is 1.35. The fraction of sp³-hybridized carbons (Fsp3) is 0.500. The van der Waals surface area contributed by atoms with Gasteiger partial charge in [0.1, 0.15) is 0 Å². The third-order valence-electron chi connectivity index (χ3n) is 3.11. The topological polar surface area (TPSA) is 118 Å². The number of aliphatic carboxylic acids is 1. The molecule has 0 aliphatic carbocycles. The minimum atomic E-state index is -1.11. The lowest BCUT2D eigenvalue weighted by Gasteiger charge is -2.23. The maximum absolute atomic E-state index is 10.6. The van der Waals surface area contributed by atoms with Gasteiger partial charge in [0, 0.05) is 4.90 Å². The summed E-state index contributed by atoms with van der Waals surface area (Å²) in [6.45, 7) is 0.0376.